The van der Waals surface area contributed by atoms with E-state index >= 15 is 0 Å². The number of carbonyl (C=O) groups is 1. The van der Waals surface area contributed by atoms with Crippen LogP contribution in [0.1, 0.15) is 36.5 Å². The zero-order valence-electron chi connectivity index (χ0n) is 12.5. The van der Waals surface area contributed by atoms with Crippen molar-refractivity contribution in [2.75, 3.05) is 0 Å². The molecular formula is C18H21NOS. The van der Waals surface area contributed by atoms with Crippen molar-refractivity contribution in [2.45, 2.75) is 37.6 Å². The number of carbonyl (C=O) groups excluding carboxylic acids is 1. The van der Waals surface area contributed by atoms with Crippen LogP contribution in [0.5, 0.6) is 0 Å². The number of amides is 1. The number of hydrogen-bond acceptors (Lipinski definition) is 2. The van der Waals surface area contributed by atoms with Gasteiger partial charge in [0, 0.05) is 11.4 Å². The first-order valence-corrected chi connectivity index (χ1v) is 7.63. The monoisotopic (exact) mass is 299 g/mol. The molecule has 2 nitrogen and oxygen atoms in total. The fourth-order valence-corrected chi connectivity index (χ4v) is 2.23. The number of thiol groups is 1. The molecule has 110 valence electrons. The maximum atomic E-state index is 11.9. The van der Waals surface area contributed by atoms with Gasteiger partial charge in [-0.15, -0.1) is 12.6 Å². The van der Waals surface area contributed by atoms with Gasteiger partial charge in [-0.25, -0.2) is 0 Å². The zero-order chi connectivity index (χ0) is 15.2. The third kappa shape index (κ3) is 4.94. The van der Waals surface area contributed by atoms with Crippen LogP contribution in [0.4, 0.5) is 0 Å². The Hall–Kier alpha value is -1.74. The van der Waals surface area contributed by atoms with Crippen molar-refractivity contribution in [3.63, 3.8) is 0 Å². The Balaban J connectivity index is 1.84. The van der Waals surface area contributed by atoms with E-state index in [1.807, 2.05) is 24.3 Å². The van der Waals surface area contributed by atoms with Crippen LogP contribution in [0.25, 0.3) is 0 Å². The van der Waals surface area contributed by atoms with Crippen LogP contribution in [-0.2, 0) is 17.8 Å². The highest BCUT2D eigenvalue weighted by atomic mass is 32.1. The van der Waals surface area contributed by atoms with E-state index < -0.39 is 0 Å². The van der Waals surface area contributed by atoms with Crippen molar-refractivity contribution in [1.29, 1.82) is 0 Å². The van der Waals surface area contributed by atoms with Gasteiger partial charge in [-0.2, -0.15) is 0 Å². The van der Waals surface area contributed by atoms with E-state index in [1.54, 1.807) is 0 Å². The van der Waals surface area contributed by atoms with Crippen molar-refractivity contribution in [3.05, 3.63) is 65.2 Å². The molecule has 1 N–H and O–H groups in total. The van der Waals surface area contributed by atoms with Crippen LogP contribution < -0.4 is 5.32 Å². The topological polar surface area (TPSA) is 29.1 Å². The molecule has 0 saturated carbocycles. The highest BCUT2D eigenvalue weighted by Crippen LogP contribution is 2.14. The first-order chi connectivity index (χ1) is 10.0. The molecule has 0 radical (unpaired) electrons. The van der Waals surface area contributed by atoms with Gasteiger partial charge in [0.2, 0.25) is 5.91 Å². The maximum Gasteiger partial charge on any atom is 0.224 e. The lowest BCUT2D eigenvalue weighted by Crippen LogP contribution is -2.24. The third-order valence-corrected chi connectivity index (χ3v) is 3.74. The second kappa shape index (κ2) is 7.32. The van der Waals surface area contributed by atoms with E-state index in [9.17, 15) is 4.79 Å². The Kier molecular flexibility index (Phi) is 5.45. The molecule has 0 aliphatic heterocycles. The fourth-order valence-electron chi connectivity index (χ4n) is 2.08. The quantitative estimate of drug-likeness (QED) is 0.804. The van der Waals surface area contributed by atoms with Gasteiger partial charge in [-0.05, 0) is 34.7 Å². The average Bonchev–Trinajstić information content (AvgIpc) is 2.48. The van der Waals surface area contributed by atoms with Crippen LogP contribution in [0.15, 0.2) is 53.4 Å². The first-order valence-electron chi connectivity index (χ1n) is 7.18. The Bertz CT molecular complexity index is 588. The van der Waals surface area contributed by atoms with Crippen molar-refractivity contribution >= 4 is 18.5 Å². The van der Waals surface area contributed by atoms with Gasteiger partial charge < -0.3 is 5.32 Å². The largest absolute Gasteiger partial charge is 0.352 e. The summed E-state index contributed by atoms with van der Waals surface area (Å²) in [5.41, 5.74) is 3.44. The van der Waals surface area contributed by atoms with Gasteiger partial charge in [-0.1, -0.05) is 50.2 Å². The molecule has 0 aliphatic rings. The lowest BCUT2D eigenvalue weighted by Gasteiger charge is -2.08. The molecule has 2 rings (SSSR count). The molecule has 0 atom stereocenters. The summed E-state index contributed by atoms with van der Waals surface area (Å²) < 4.78 is 0. The van der Waals surface area contributed by atoms with Crippen molar-refractivity contribution in [3.8, 4) is 0 Å². The molecule has 0 bridgehead atoms. The standard InChI is InChI=1S/C18H21NOS/c1-13(2)16-7-3-15(4-8-16)12-19-18(20)11-14-5-9-17(21)10-6-14/h3-10,13,21H,11-12H2,1-2H3,(H,19,20). The summed E-state index contributed by atoms with van der Waals surface area (Å²) >= 11 is 4.23. The third-order valence-electron chi connectivity index (χ3n) is 3.44. The summed E-state index contributed by atoms with van der Waals surface area (Å²) in [6, 6.07) is 16.1. The number of hydrogen-bond donors (Lipinski definition) is 2. The average molecular weight is 299 g/mol. The van der Waals surface area contributed by atoms with E-state index in [4.69, 9.17) is 0 Å². The Morgan fingerprint density at radius 3 is 2.14 bits per heavy atom. The molecule has 0 heterocycles. The predicted octanol–water partition coefficient (Wildman–Crippen LogP) is 3.96. The van der Waals surface area contributed by atoms with Gasteiger partial charge in [0.05, 0.1) is 6.42 Å². The van der Waals surface area contributed by atoms with Crippen molar-refractivity contribution in [1.82, 2.24) is 5.32 Å². The molecular weight excluding hydrogens is 278 g/mol. The molecule has 0 spiro atoms. The van der Waals surface area contributed by atoms with Crippen molar-refractivity contribution < 1.29 is 4.79 Å². The second-order valence-electron chi connectivity index (χ2n) is 5.52. The minimum atomic E-state index is 0.0369. The van der Waals surface area contributed by atoms with Crippen LogP contribution in [-0.4, -0.2) is 5.91 Å². The summed E-state index contributed by atoms with van der Waals surface area (Å²) in [6.07, 6.45) is 0.401. The van der Waals surface area contributed by atoms with Crippen LogP contribution in [0.2, 0.25) is 0 Å². The van der Waals surface area contributed by atoms with E-state index in [-0.39, 0.29) is 5.91 Å². The minimum absolute atomic E-state index is 0.0369. The van der Waals surface area contributed by atoms with Crippen LogP contribution in [0.3, 0.4) is 0 Å². The Morgan fingerprint density at radius 2 is 1.57 bits per heavy atom. The lowest BCUT2D eigenvalue weighted by molar-refractivity contribution is -0.120. The Labute approximate surface area is 132 Å². The van der Waals surface area contributed by atoms with Gasteiger partial charge in [0.25, 0.3) is 0 Å². The summed E-state index contributed by atoms with van der Waals surface area (Å²) in [5.74, 6) is 0.568. The van der Waals surface area contributed by atoms with Crippen LogP contribution in [0, 0.1) is 0 Å². The molecule has 2 aromatic carbocycles. The molecule has 1 amide bonds. The molecule has 0 aromatic heterocycles. The molecule has 21 heavy (non-hydrogen) atoms. The summed E-state index contributed by atoms with van der Waals surface area (Å²) in [5, 5.41) is 2.95. The normalized spacial score (nSPS) is 10.7. The second-order valence-corrected chi connectivity index (χ2v) is 6.03. The fraction of sp³-hybridized carbons (Fsp3) is 0.278. The van der Waals surface area contributed by atoms with Gasteiger partial charge in [-0.3, -0.25) is 4.79 Å². The SMILES string of the molecule is CC(C)c1ccc(CNC(=O)Cc2ccc(S)cc2)cc1. The van der Waals surface area contributed by atoms with Gasteiger partial charge in [0.1, 0.15) is 0 Å². The first kappa shape index (κ1) is 15.6. The highest BCUT2D eigenvalue weighted by Gasteiger charge is 2.04. The number of nitrogens with one attached hydrogen (secondary N) is 1. The number of benzene rings is 2. The summed E-state index contributed by atoms with van der Waals surface area (Å²) in [7, 11) is 0. The smallest absolute Gasteiger partial charge is 0.224 e. The molecule has 0 fully saturated rings. The molecule has 0 saturated heterocycles. The lowest BCUT2D eigenvalue weighted by atomic mass is 10.0. The van der Waals surface area contributed by atoms with Crippen molar-refractivity contribution in [2.24, 2.45) is 0 Å². The van der Waals surface area contributed by atoms with Gasteiger partial charge in [0.15, 0.2) is 0 Å². The van der Waals surface area contributed by atoms with E-state index in [0.29, 0.717) is 18.9 Å². The van der Waals surface area contributed by atoms with E-state index in [1.165, 1.54) is 5.56 Å². The zero-order valence-corrected chi connectivity index (χ0v) is 13.4. The maximum absolute atomic E-state index is 11.9. The van der Waals surface area contributed by atoms with Crippen LogP contribution >= 0.6 is 12.6 Å². The molecule has 0 unspecified atom stereocenters. The summed E-state index contributed by atoms with van der Waals surface area (Å²) in [6.45, 7) is 4.92. The van der Waals surface area contributed by atoms with E-state index in [2.05, 4.69) is 56.1 Å². The minimum Gasteiger partial charge on any atom is -0.352 e. The Morgan fingerprint density at radius 1 is 1.00 bits per heavy atom. The molecule has 2 aromatic rings. The molecule has 0 aliphatic carbocycles. The molecule has 3 heteroatoms. The highest BCUT2D eigenvalue weighted by molar-refractivity contribution is 7.80. The predicted molar refractivity (Wildman–Crippen MR) is 89.8 cm³/mol. The van der Waals surface area contributed by atoms with Gasteiger partial charge >= 0.3 is 0 Å². The summed E-state index contributed by atoms with van der Waals surface area (Å²) in [4.78, 5) is 12.8. The number of rotatable bonds is 5. The van der Waals surface area contributed by atoms with E-state index in [0.717, 1.165) is 16.0 Å².